The lowest BCUT2D eigenvalue weighted by atomic mass is 10.0. The van der Waals surface area contributed by atoms with Crippen molar-refractivity contribution in [3.63, 3.8) is 0 Å². The normalized spacial score (nSPS) is 20.3. The molecule has 2 rings (SSSR count). The second kappa shape index (κ2) is 7.74. The molecule has 1 aromatic carbocycles. The Morgan fingerprint density at radius 2 is 1.96 bits per heavy atom. The van der Waals surface area contributed by atoms with Gasteiger partial charge in [-0.05, 0) is 44.4 Å². The topological polar surface area (TPSA) is 76.1 Å². The molecule has 0 bridgehead atoms. The molecule has 1 aliphatic rings. The van der Waals surface area contributed by atoms with Crippen LogP contribution >= 0.6 is 11.6 Å². The van der Waals surface area contributed by atoms with Gasteiger partial charge in [0.15, 0.2) is 0 Å². The van der Waals surface area contributed by atoms with E-state index in [-0.39, 0.29) is 13.0 Å². The summed E-state index contributed by atoms with van der Waals surface area (Å²) in [5.74, 6) is -0.258. The number of amides is 1. The minimum Gasteiger partial charge on any atom is -0.487 e. The van der Waals surface area contributed by atoms with Crippen LogP contribution in [0.5, 0.6) is 5.75 Å². The van der Waals surface area contributed by atoms with E-state index in [4.69, 9.17) is 21.1 Å². The highest BCUT2D eigenvalue weighted by Gasteiger charge is 2.42. The first-order valence-electron chi connectivity index (χ1n) is 8.66. The van der Waals surface area contributed by atoms with Gasteiger partial charge in [-0.15, -0.1) is 0 Å². The summed E-state index contributed by atoms with van der Waals surface area (Å²) < 4.78 is 11.2. The number of rotatable bonds is 4. The van der Waals surface area contributed by atoms with Gasteiger partial charge >= 0.3 is 12.1 Å². The van der Waals surface area contributed by atoms with Crippen molar-refractivity contribution in [3.8, 4) is 5.75 Å². The molecule has 7 heteroatoms. The van der Waals surface area contributed by atoms with Gasteiger partial charge in [-0.1, -0.05) is 31.5 Å². The maximum atomic E-state index is 12.3. The quantitative estimate of drug-likeness (QED) is 0.838. The Hall–Kier alpha value is -1.95. The number of carbonyl (C=O) groups excluding carboxylic acids is 1. The molecular weight excluding hydrogens is 358 g/mol. The summed E-state index contributed by atoms with van der Waals surface area (Å²) in [4.78, 5) is 25.1. The Labute approximate surface area is 159 Å². The third-order valence-corrected chi connectivity index (χ3v) is 4.39. The number of hydrogen-bond acceptors (Lipinski definition) is 4. The van der Waals surface area contributed by atoms with Gasteiger partial charge in [-0.25, -0.2) is 9.59 Å². The number of carboxylic acids is 1. The van der Waals surface area contributed by atoms with E-state index in [1.807, 2.05) is 12.1 Å². The first-order valence-corrected chi connectivity index (χ1v) is 9.04. The minimum atomic E-state index is -1.08. The first kappa shape index (κ1) is 20.4. The number of likely N-dealkylation sites (tertiary alicyclic amines) is 1. The number of halogens is 1. The molecule has 1 aromatic rings. The lowest BCUT2D eigenvalue weighted by Crippen LogP contribution is -2.43. The lowest BCUT2D eigenvalue weighted by molar-refractivity contribution is -0.142. The zero-order valence-corrected chi connectivity index (χ0v) is 16.5. The molecule has 6 nitrogen and oxygen atoms in total. The number of carbonyl (C=O) groups is 2. The van der Waals surface area contributed by atoms with Crippen molar-refractivity contribution < 1.29 is 24.2 Å². The highest BCUT2D eigenvalue weighted by atomic mass is 35.5. The molecule has 0 spiro atoms. The Morgan fingerprint density at radius 1 is 1.31 bits per heavy atom. The van der Waals surface area contributed by atoms with Crippen LogP contribution in [0.1, 0.15) is 52.5 Å². The molecule has 0 unspecified atom stereocenters. The van der Waals surface area contributed by atoms with Gasteiger partial charge in [0.05, 0.1) is 11.6 Å². The second-order valence-electron chi connectivity index (χ2n) is 7.81. The van der Waals surface area contributed by atoms with Crippen LogP contribution in [0.3, 0.4) is 0 Å². The molecular formula is C19H26ClNO5. The average molecular weight is 384 g/mol. The van der Waals surface area contributed by atoms with E-state index in [1.54, 1.807) is 26.8 Å². The number of ether oxygens (including phenoxy) is 2. The molecule has 1 aliphatic heterocycles. The van der Waals surface area contributed by atoms with Crippen molar-refractivity contribution >= 4 is 23.7 Å². The zero-order chi connectivity index (χ0) is 19.6. The summed E-state index contributed by atoms with van der Waals surface area (Å²) in [6.07, 6.45) is -0.945. The maximum Gasteiger partial charge on any atom is 0.411 e. The van der Waals surface area contributed by atoms with Crippen molar-refractivity contribution in [2.24, 2.45) is 0 Å². The fourth-order valence-electron chi connectivity index (χ4n) is 2.79. The van der Waals surface area contributed by atoms with E-state index >= 15 is 0 Å². The molecule has 26 heavy (non-hydrogen) atoms. The molecule has 2 atom stereocenters. The van der Waals surface area contributed by atoms with Crippen LogP contribution < -0.4 is 4.74 Å². The minimum absolute atomic E-state index is 0.133. The predicted octanol–water partition coefficient (Wildman–Crippen LogP) is 4.30. The van der Waals surface area contributed by atoms with E-state index in [1.165, 1.54) is 4.90 Å². The average Bonchev–Trinajstić information content (AvgIpc) is 2.92. The molecule has 1 heterocycles. The Balaban J connectivity index is 2.12. The molecule has 0 radical (unpaired) electrons. The second-order valence-corrected chi connectivity index (χ2v) is 8.21. The van der Waals surface area contributed by atoms with Gasteiger partial charge in [-0.2, -0.15) is 0 Å². The zero-order valence-electron chi connectivity index (χ0n) is 15.8. The number of nitrogens with zero attached hydrogens (tertiary/aromatic N) is 1. The standard InChI is InChI=1S/C19H26ClNO5/c1-11(2)12-6-7-16(14(20)8-12)25-13-9-15(17(22)23)21(10-13)18(24)26-19(3,4)5/h6-8,11,13,15H,9-10H2,1-5H3,(H,22,23)/t13-,15-/m0/s1. The van der Waals surface area contributed by atoms with Crippen LogP contribution in [0.15, 0.2) is 18.2 Å². The number of hydrogen-bond donors (Lipinski definition) is 1. The summed E-state index contributed by atoms with van der Waals surface area (Å²) in [5.41, 5.74) is 0.391. The summed E-state index contributed by atoms with van der Waals surface area (Å²) in [7, 11) is 0. The molecule has 0 aromatic heterocycles. The molecule has 1 amide bonds. The van der Waals surface area contributed by atoms with Crippen molar-refractivity contribution in [1.29, 1.82) is 0 Å². The van der Waals surface area contributed by atoms with Crippen LogP contribution in [0, 0.1) is 0 Å². The maximum absolute atomic E-state index is 12.3. The van der Waals surface area contributed by atoms with Gasteiger partial charge in [0.1, 0.15) is 23.5 Å². The smallest absolute Gasteiger partial charge is 0.411 e. The number of carboxylic acid groups (broad SMARTS) is 1. The van der Waals surface area contributed by atoms with Crippen LogP contribution in [-0.4, -0.2) is 46.4 Å². The fraction of sp³-hybridized carbons (Fsp3) is 0.579. The van der Waals surface area contributed by atoms with Crippen LogP contribution in [0.25, 0.3) is 0 Å². The highest BCUT2D eigenvalue weighted by molar-refractivity contribution is 6.32. The molecule has 144 valence electrons. The van der Waals surface area contributed by atoms with Crippen LogP contribution in [-0.2, 0) is 9.53 Å². The largest absolute Gasteiger partial charge is 0.487 e. The first-order chi connectivity index (χ1) is 12.0. The van der Waals surface area contributed by atoms with Crippen molar-refractivity contribution in [2.45, 2.75) is 64.7 Å². The SMILES string of the molecule is CC(C)c1ccc(O[C@H]2C[C@@H](C(=O)O)N(C(=O)OC(C)(C)C)C2)c(Cl)c1. The van der Waals surface area contributed by atoms with Gasteiger partial charge in [-0.3, -0.25) is 4.90 Å². The van der Waals surface area contributed by atoms with Crippen molar-refractivity contribution in [2.75, 3.05) is 6.54 Å². The molecule has 1 saturated heterocycles. The number of benzene rings is 1. The van der Waals surface area contributed by atoms with E-state index < -0.39 is 29.8 Å². The van der Waals surface area contributed by atoms with Gasteiger partial charge in [0, 0.05) is 6.42 Å². The molecule has 1 N–H and O–H groups in total. The summed E-state index contributed by atoms with van der Waals surface area (Å²) in [6.45, 7) is 9.48. The number of aliphatic carboxylic acids is 1. The highest BCUT2D eigenvalue weighted by Crippen LogP contribution is 2.32. The summed E-state index contributed by atoms with van der Waals surface area (Å²) in [5, 5.41) is 9.91. The Kier molecular flexibility index (Phi) is 6.06. The Morgan fingerprint density at radius 3 is 2.46 bits per heavy atom. The monoisotopic (exact) mass is 383 g/mol. The van der Waals surface area contributed by atoms with Gasteiger partial charge < -0.3 is 14.6 Å². The van der Waals surface area contributed by atoms with E-state index in [0.29, 0.717) is 16.7 Å². The molecule has 0 aliphatic carbocycles. The summed E-state index contributed by atoms with van der Waals surface area (Å²) in [6, 6.07) is 4.57. The molecule has 0 saturated carbocycles. The fourth-order valence-corrected chi connectivity index (χ4v) is 3.02. The van der Waals surface area contributed by atoms with Crippen molar-refractivity contribution in [3.05, 3.63) is 28.8 Å². The summed E-state index contributed by atoms with van der Waals surface area (Å²) >= 11 is 6.29. The van der Waals surface area contributed by atoms with E-state index in [9.17, 15) is 14.7 Å². The van der Waals surface area contributed by atoms with Gasteiger partial charge in [0.25, 0.3) is 0 Å². The third-order valence-electron chi connectivity index (χ3n) is 4.09. The van der Waals surface area contributed by atoms with Crippen LogP contribution in [0.2, 0.25) is 5.02 Å². The van der Waals surface area contributed by atoms with Crippen molar-refractivity contribution in [1.82, 2.24) is 4.90 Å². The predicted molar refractivity (Wildman–Crippen MR) is 98.9 cm³/mol. The van der Waals surface area contributed by atoms with E-state index in [0.717, 1.165) is 5.56 Å². The molecule has 1 fully saturated rings. The van der Waals surface area contributed by atoms with Crippen LogP contribution in [0.4, 0.5) is 4.79 Å². The lowest BCUT2D eigenvalue weighted by Gasteiger charge is -2.26. The van der Waals surface area contributed by atoms with Gasteiger partial charge in [0.2, 0.25) is 0 Å². The Bertz CT molecular complexity index is 683. The third kappa shape index (κ3) is 5.04. The van der Waals surface area contributed by atoms with E-state index in [2.05, 4.69) is 13.8 Å².